The number of hydrogen-bond acceptors (Lipinski definition) is 2. The highest BCUT2D eigenvalue weighted by Gasteiger charge is 2.19. The molecule has 3 heteroatoms. The number of benzene rings is 1. The van der Waals surface area contributed by atoms with Crippen LogP contribution in [0, 0.1) is 0 Å². The van der Waals surface area contributed by atoms with Crippen molar-refractivity contribution in [3.8, 4) is 11.5 Å². The minimum Gasteiger partial charge on any atom is -0.497 e. The molecular formula is C13H19ClO2. The molecule has 0 saturated heterocycles. The van der Waals surface area contributed by atoms with E-state index >= 15 is 0 Å². The summed E-state index contributed by atoms with van der Waals surface area (Å²) in [7, 11) is 3.33. The molecule has 1 rings (SSSR count). The molecule has 1 aromatic rings. The molecule has 0 aliphatic heterocycles. The van der Waals surface area contributed by atoms with Crippen LogP contribution in [0.4, 0.5) is 0 Å². The molecule has 0 bridgehead atoms. The second kappa shape index (κ2) is 6.00. The lowest BCUT2D eigenvalue weighted by atomic mass is 9.95. The summed E-state index contributed by atoms with van der Waals surface area (Å²) < 4.78 is 10.6. The van der Waals surface area contributed by atoms with Crippen molar-refractivity contribution in [2.75, 3.05) is 14.2 Å². The summed E-state index contributed by atoms with van der Waals surface area (Å²) in [5.41, 5.74) is 1.10. The molecular weight excluding hydrogens is 224 g/mol. The van der Waals surface area contributed by atoms with Crippen LogP contribution in [0.15, 0.2) is 18.2 Å². The van der Waals surface area contributed by atoms with E-state index in [9.17, 15) is 0 Å². The van der Waals surface area contributed by atoms with E-state index in [4.69, 9.17) is 21.1 Å². The summed E-state index contributed by atoms with van der Waals surface area (Å²) in [5.74, 6) is 1.95. The van der Waals surface area contributed by atoms with E-state index in [1.165, 1.54) is 0 Å². The van der Waals surface area contributed by atoms with Gasteiger partial charge >= 0.3 is 0 Å². The highest BCUT2D eigenvalue weighted by molar-refractivity contribution is 6.21. The van der Waals surface area contributed by atoms with Crippen LogP contribution in [0.5, 0.6) is 11.5 Å². The lowest BCUT2D eigenvalue weighted by Crippen LogP contribution is -2.09. The van der Waals surface area contributed by atoms with E-state index in [2.05, 4.69) is 13.8 Å². The highest BCUT2D eigenvalue weighted by Crippen LogP contribution is 2.34. The van der Waals surface area contributed by atoms with Gasteiger partial charge < -0.3 is 9.47 Å². The third-order valence-electron chi connectivity index (χ3n) is 2.86. The minimum atomic E-state index is 0.112. The molecule has 0 radical (unpaired) electrons. The molecule has 0 fully saturated rings. The van der Waals surface area contributed by atoms with Crippen molar-refractivity contribution in [3.05, 3.63) is 23.8 Å². The van der Waals surface area contributed by atoms with Crippen LogP contribution in [0.2, 0.25) is 0 Å². The number of halogens is 1. The van der Waals surface area contributed by atoms with E-state index in [1.54, 1.807) is 14.2 Å². The topological polar surface area (TPSA) is 18.5 Å². The molecule has 2 atom stereocenters. The number of methoxy groups -OCH3 is 2. The molecule has 90 valence electrons. The van der Waals surface area contributed by atoms with E-state index in [0.29, 0.717) is 0 Å². The first-order valence-electron chi connectivity index (χ1n) is 5.50. The van der Waals surface area contributed by atoms with Crippen molar-refractivity contribution < 1.29 is 9.47 Å². The smallest absolute Gasteiger partial charge is 0.122 e. The molecule has 0 N–H and O–H groups in total. The van der Waals surface area contributed by atoms with Crippen molar-refractivity contribution in [2.24, 2.45) is 0 Å². The Labute approximate surface area is 103 Å². The van der Waals surface area contributed by atoms with Gasteiger partial charge in [0.2, 0.25) is 0 Å². The molecule has 0 amide bonds. The second-order valence-corrected chi connectivity index (χ2v) is 4.38. The maximum Gasteiger partial charge on any atom is 0.122 e. The number of ether oxygens (including phenoxy) is 2. The average molecular weight is 243 g/mol. The monoisotopic (exact) mass is 242 g/mol. The summed E-state index contributed by atoms with van der Waals surface area (Å²) >= 11 is 6.28. The number of alkyl halides is 1. The number of rotatable bonds is 5. The van der Waals surface area contributed by atoms with Crippen LogP contribution in [0.3, 0.4) is 0 Å². The minimum absolute atomic E-state index is 0.112. The Morgan fingerprint density at radius 3 is 2.44 bits per heavy atom. The van der Waals surface area contributed by atoms with Gasteiger partial charge in [-0.25, -0.2) is 0 Å². The van der Waals surface area contributed by atoms with Gasteiger partial charge in [0.1, 0.15) is 11.5 Å². The van der Waals surface area contributed by atoms with Crippen LogP contribution in [0.25, 0.3) is 0 Å². The van der Waals surface area contributed by atoms with Crippen molar-refractivity contribution in [1.82, 2.24) is 0 Å². The maximum atomic E-state index is 6.28. The molecule has 0 aliphatic rings. The molecule has 0 spiro atoms. The molecule has 0 saturated carbocycles. The van der Waals surface area contributed by atoms with E-state index in [0.717, 1.165) is 23.5 Å². The fraction of sp³-hybridized carbons (Fsp3) is 0.538. The Kier molecular flexibility index (Phi) is 4.94. The second-order valence-electron chi connectivity index (χ2n) is 3.82. The molecule has 16 heavy (non-hydrogen) atoms. The Morgan fingerprint density at radius 1 is 1.25 bits per heavy atom. The zero-order chi connectivity index (χ0) is 12.1. The van der Waals surface area contributed by atoms with Crippen molar-refractivity contribution in [3.63, 3.8) is 0 Å². The maximum absolute atomic E-state index is 6.28. The van der Waals surface area contributed by atoms with Crippen LogP contribution in [-0.4, -0.2) is 19.6 Å². The predicted octanol–water partition coefficient (Wildman–Crippen LogP) is 3.82. The van der Waals surface area contributed by atoms with Crippen LogP contribution in [0.1, 0.15) is 31.7 Å². The Morgan fingerprint density at radius 2 is 1.94 bits per heavy atom. The first-order chi connectivity index (χ1) is 7.63. The van der Waals surface area contributed by atoms with Gasteiger partial charge in [-0.05, 0) is 24.6 Å². The summed E-state index contributed by atoms with van der Waals surface area (Å²) in [5, 5.41) is 0.112. The van der Waals surface area contributed by atoms with Gasteiger partial charge in [-0.1, -0.05) is 13.8 Å². The first-order valence-corrected chi connectivity index (χ1v) is 5.93. The summed E-state index contributed by atoms with van der Waals surface area (Å²) in [6.07, 6.45) is 0.934. The van der Waals surface area contributed by atoms with E-state index in [1.807, 2.05) is 18.2 Å². The van der Waals surface area contributed by atoms with Gasteiger partial charge in [0.05, 0.1) is 14.2 Å². The lowest BCUT2D eigenvalue weighted by molar-refractivity contribution is 0.395. The zero-order valence-electron chi connectivity index (χ0n) is 10.3. The van der Waals surface area contributed by atoms with E-state index < -0.39 is 0 Å². The SMILES string of the molecule is CCC(Cl)C(C)c1cc(OC)ccc1OC. The van der Waals surface area contributed by atoms with Gasteiger partial charge in [0.15, 0.2) is 0 Å². The Bertz CT molecular complexity index is 339. The number of hydrogen-bond donors (Lipinski definition) is 0. The lowest BCUT2D eigenvalue weighted by Gasteiger charge is -2.20. The largest absolute Gasteiger partial charge is 0.497 e. The standard InChI is InChI=1S/C13H19ClO2/c1-5-12(14)9(2)11-8-10(15-3)6-7-13(11)16-4/h6-9,12H,5H2,1-4H3. The van der Waals surface area contributed by atoms with Gasteiger partial charge in [-0.3, -0.25) is 0 Å². The third-order valence-corrected chi connectivity index (χ3v) is 3.55. The van der Waals surface area contributed by atoms with Crippen molar-refractivity contribution in [1.29, 1.82) is 0 Å². The predicted molar refractivity (Wildman–Crippen MR) is 67.9 cm³/mol. The van der Waals surface area contributed by atoms with Crippen LogP contribution in [-0.2, 0) is 0 Å². The van der Waals surface area contributed by atoms with Crippen molar-refractivity contribution >= 4 is 11.6 Å². The molecule has 1 aromatic carbocycles. The van der Waals surface area contributed by atoms with E-state index in [-0.39, 0.29) is 11.3 Å². The normalized spacial score (nSPS) is 14.3. The summed E-state index contributed by atoms with van der Waals surface area (Å²) in [4.78, 5) is 0. The van der Waals surface area contributed by atoms with Crippen LogP contribution < -0.4 is 9.47 Å². The highest BCUT2D eigenvalue weighted by atomic mass is 35.5. The molecule has 0 heterocycles. The third kappa shape index (κ3) is 2.82. The van der Waals surface area contributed by atoms with Gasteiger partial charge in [-0.15, -0.1) is 11.6 Å². The Hall–Kier alpha value is -0.890. The van der Waals surface area contributed by atoms with Crippen molar-refractivity contribution in [2.45, 2.75) is 31.6 Å². The zero-order valence-corrected chi connectivity index (χ0v) is 11.0. The molecule has 2 nitrogen and oxygen atoms in total. The fourth-order valence-electron chi connectivity index (χ4n) is 1.74. The quantitative estimate of drug-likeness (QED) is 0.731. The summed E-state index contributed by atoms with van der Waals surface area (Å²) in [6, 6.07) is 5.81. The van der Waals surface area contributed by atoms with Gasteiger partial charge in [-0.2, -0.15) is 0 Å². The first kappa shape index (κ1) is 13.2. The fourth-order valence-corrected chi connectivity index (χ4v) is 1.88. The molecule has 0 aliphatic carbocycles. The average Bonchev–Trinajstić information content (AvgIpc) is 2.35. The van der Waals surface area contributed by atoms with Gasteiger partial charge in [0, 0.05) is 16.9 Å². The summed E-state index contributed by atoms with van der Waals surface area (Å²) in [6.45, 7) is 4.19. The Balaban J connectivity index is 3.07. The molecule has 0 aromatic heterocycles. The van der Waals surface area contributed by atoms with Gasteiger partial charge in [0.25, 0.3) is 0 Å². The van der Waals surface area contributed by atoms with Crippen LogP contribution >= 0.6 is 11.6 Å². The molecule has 2 unspecified atom stereocenters.